The van der Waals surface area contributed by atoms with Crippen molar-refractivity contribution in [3.8, 4) is 5.75 Å². The Labute approximate surface area is 162 Å². The number of aryl methyl sites for hydroxylation is 1. The molecule has 0 spiro atoms. The van der Waals surface area contributed by atoms with Crippen molar-refractivity contribution in [1.82, 2.24) is 10.6 Å². The van der Waals surface area contributed by atoms with Crippen molar-refractivity contribution >= 4 is 18.3 Å². The second-order valence-electron chi connectivity index (χ2n) is 7.41. The van der Waals surface area contributed by atoms with Crippen LogP contribution in [0.3, 0.4) is 0 Å². The van der Waals surface area contributed by atoms with Crippen LogP contribution in [0.1, 0.15) is 43.2 Å². The number of methoxy groups -OCH3 is 1. The van der Waals surface area contributed by atoms with E-state index in [2.05, 4.69) is 16.7 Å². The number of carbonyl (C=O) groups excluding carboxylic acids is 1. The summed E-state index contributed by atoms with van der Waals surface area (Å²) in [6.07, 6.45) is 5.46. The van der Waals surface area contributed by atoms with E-state index < -0.39 is 0 Å². The average molecular weight is 383 g/mol. The van der Waals surface area contributed by atoms with Crippen molar-refractivity contribution in [3.05, 3.63) is 29.3 Å². The molecule has 5 nitrogen and oxygen atoms in total. The van der Waals surface area contributed by atoms with Crippen LogP contribution in [0.2, 0.25) is 0 Å². The molecular weight excluding hydrogens is 352 g/mol. The van der Waals surface area contributed by atoms with E-state index in [1.54, 1.807) is 7.11 Å². The monoisotopic (exact) mass is 382 g/mol. The predicted octanol–water partition coefficient (Wildman–Crippen LogP) is 2.98. The zero-order chi connectivity index (χ0) is 17.6. The van der Waals surface area contributed by atoms with Crippen LogP contribution in [0.4, 0.5) is 0 Å². The van der Waals surface area contributed by atoms with E-state index in [0.717, 1.165) is 29.7 Å². The van der Waals surface area contributed by atoms with Crippen LogP contribution >= 0.6 is 12.4 Å². The van der Waals surface area contributed by atoms with E-state index in [4.69, 9.17) is 9.47 Å². The van der Waals surface area contributed by atoms with Gasteiger partial charge in [0.2, 0.25) is 5.91 Å². The molecule has 0 radical (unpaired) electrons. The highest BCUT2D eigenvalue weighted by atomic mass is 35.5. The van der Waals surface area contributed by atoms with E-state index in [0.29, 0.717) is 44.2 Å². The van der Waals surface area contributed by atoms with Gasteiger partial charge in [0.25, 0.3) is 0 Å². The summed E-state index contributed by atoms with van der Waals surface area (Å²) in [5.74, 6) is 1.50. The van der Waals surface area contributed by atoms with Crippen LogP contribution in [0.25, 0.3) is 0 Å². The largest absolute Gasteiger partial charge is 0.491 e. The molecule has 2 unspecified atom stereocenters. The minimum Gasteiger partial charge on any atom is -0.491 e. The van der Waals surface area contributed by atoms with Crippen LogP contribution in [0.5, 0.6) is 5.75 Å². The number of halogens is 1. The number of nitrogens with one attached hydrogen (secondary N) is 2. The van der Waals surface area contributed by atoms with Crippen LogP contribution in [0.15, 0.2) is 18.2 Å². The van der Waals surface area contributed by atoms with Gasteiger partial charge in [-0.2, -0.15) is 0 Å². The second kappa shape index (κ2) is 10.1. The molecule has 1 aromatic rings. The highest BCUT2D eigenvalue weighted by Gasteiger charge is 2.34. The molecule has 0 saturated carbocycles. The Hall–Kier alpha value is -1.30. The van der Waals surface area contributed by atoms with Crippen LogP contribution in [-0.2, 0) is 16.1 Å². The summed E-state index contributed by atoms with van der Waals surface area (Å²) in [5.41, 5.74) is 2.16. The van der Waals surface area contributed by atoms with Gasteiger partial charge in [-0.3, -0.25) is 4.79 Å². The summed E-state index contributed by atoms with van der Waals surface area (Å²) in [6.45, 7) is 3.62. The smallest absolute Gasteiger partial charge is 0.220 e. The summed E-state index contributed by atoms with van der Waals surface area (Å²) >= 11 is 0. The molecule has 2 saturated heterocycles. The molecule has 3 rings (SSSR count). The number of fused-ring (bicyclic) bond motifs is 2. The number of carbonyl (C=O) groups is 1. The quantitative estimate of drug-likeness (QED) is 0.678. The van der Waals surface area contributed by atoms with Gasteiger partial charge in [-0.15, -0.1) is 12.4 Å². The van der Waals surface area contributed by atoms with E-state index in [9.17, 15) is 4.79 Å². The molecule has 2 fully saturated rings. The number of piperidine rings is 1. The lowest BCUT2D eigenvalue weighted by molar-refractivity contribution is -0.122. The van der Waals surface area contributed by atoms with Gasteiger partial charge in [0, 0.05) is 37.7 Å². The summed E-state index contributed by atoms with van der Waals surface area (Å²) in [6, 6.07) is 7.36. The molecule has 2 aliphatic heterocycles. The molecule has 0 aliphatic carbocycles. The number of ether oxygens (including phenoxy) is 2. The SMILES string of the molecule is COCCOc1cc(C)ccc1CNC(=O)CC1CC2CCC(C1)N2.Cl. The van der Waals surface area contributed by atoms with Crippen molar-refractivity contribution in [2.75, 3.05) is 20.3 Å². The maximum atomic E-state index is 12.4. The van der Waals surface area contributed by atoms with Crippen molar-refractivity contribution in [2.24, 2.45) is 5.92 Å². The van der Waals surface area contributed by atoms with Gasteiger partial charge in [-0.1, -0.05) is 12.1 Å². The van der Waals surface area contributed by atoms with Crippen LogP contribution in [0, 0.1) is 12.8 Å². The molecule has 146 valence electrons. The minimum atomic E-state index is 0. The number of hydrogen-bond donors (Lipinski definition) is 2. The molecule has 2 bridgehead atoms. The standard InChI is InChI=1S/C20H30N2O3.ClH/c1-14-3-4-16(19(9-14)25-8-7-24-2)13-21-20(23)12-15-10-17-5-6-18(11-15)22-17;/h3-4,9,15,17-18,22H,5-8,10-13H2,1-2H3,(H,21,23);1H. The highest BCUT2D eigenvalue weighted by Crippen LogP contribution is 2.32. The number of benzene rings is 1. The lowest BCUT2D eigenvalue weighted by atomic mass is 9.89. The fraction of sp³-hybridized carbons (Fsp3) is 0.650. The molecule has 26 heavy (non-hydrogen) atoms. The number of rotatable bonds is 8. The topological polar surface area (TPSA) is 59.6 Å². The lowest BCUT2D eigenvalue weighted by Crippen LogP contribution is -2.39. The maximum absolute atomic E-state index is 12.4. The van der Waals surface area contributed by atoms with E-state index in [1.807, 2.05) is 19.1 Å². The third-order valence-corrected chi connectivity index (χ3v) is 5.29. The Kier molecular flexibility index (Phi) is 8.19. The predicted molar refractivity (Wildman–Crippen MR) is 105 cm³/mol. The lowest BCUT2D eigenvalue weighted by Gasteiger charge is -2.28. The highest BCUT2D eigenvalue weighted by molar-refractivity contribution is 5.85. The minimum absolute atomic E-state index is 0. The fourth-order valence-corrected chi connectivity index (χ4v) is 4.05. The maximum Gasteiger partial charge on any atom is 0.220 e. The Morgan fingerprint density at radius 2 is 1.96 bits per heavy atom. The third-order valence-electron chi connectivity index (χ3n) is 5.29. The Morgan fingerprint density at radius 1 is 1.23 bits per heavy atom. The van der Waals surface area contributed by atoms with Gasteiger partial charge >= 0.3 is 0 Å². The van der Waals surface area contributed by atoms with Gasteiger partial charge in [-0.25, -0.2) is 0 Å². The Balaban J connectivity index is 0.00000243. The molecule has 2 aliphatic rings. The van der Waals surface area contributed by atoms with Crippen molar-refractivity contribution in [1.29, 1.82) is 0 Å². The first kappa shape index (κ1) is 21.0. The van der Waals surface area contributed by atoms with Gasteiger partial charge in [0.1, 0.15) is 12.4 Å². The van der Waals surface area contributed by atoms with Gasteiger partial charge in [0.05, 0.1) is 6.61 Å². The molecule has 1 aromatic carbocycles. The van der Waals surface area contributed by atoms with E-state index in [-0.39, 0.29) is 18.3 Å². The zero-order valence-corrected chi connectivity index (χ0v) is 16.6. The normalized spacial score (nSPS) is 24.0. The summed E-state index contributed by atoms with van der Waals surface area (Å²) in [5, 5.41) is 6.71. The zero-order valence-electron chi connectivity index (χ0n) is 15.8. The van der Waals surface area contributed by atoms with Gasteiger partial charge in [0.15, 0.2) is 0 Å². The Bertz CT molecular complexity index is 584. The molecule has 2 N–H and O–H groups in total. The average Bonchev–Trinajstić information content (AvgIpc) is 2.93. The van der Waals surface area contributed by atoms with Gasteiger partial charge in [-0.05, 0) is 50.2 Å². The third kappa shape index (κ3) is 5.86. The first-order valence-corrected chi connectivity index (χ1v) is 9.38. The molecule has 1 amide bonds. The van der Waals surface area contributed by atoms with Crippen molar-refractivity contribution < 1.29 is 14.3 Å². The van der Waals surface area contributed by atoms with Gasteiger partial charge < -0.3 is 20.1 Å². The number of hydrogen-bond acceptors (Lipinski definition) is 4. The number of amides is 1. The van der Waals surface area contributed by atoms with Crippen molar-refractivity contribution in [3.63, 3.8) is 0 Å². The van der Waals surface area contributed by atoms with E-state index in [1.165, 1.54) is 12.8 Å². The first-order chi connectivity index (χ1) is 12.1. The van der Waals surface area contributed by atoms with Crippen LogP contribution < -0.4 is 15.4 Å². The summed E-state index contributed by atoms with van der Waals surface area (Å²) in [4.78, 5) is 12.4. The first-order valence-electron chi connectivity index (χ1n) is 9.38. The Morgan fingerprint density at radius 3 is 2.65 bits per heavy atom. The molecule has 0 aromatic heterocycles. The van der Waals surface area contributed by atoms with Crippen molar-refractivity contribution in [2.45, 2.75) is 57.7 Å². The molecule has 6 heteroatoms. The fourth-order valence-electron chi connectivity index (χ4n) is 4.05. The van der Waals surface area contributed by atoms with Crippen LogP contribution in [-0.4, -0.2) is 38.3 Å². The van der Waals surface area contributed by atoms with E-state index >= 15 is 0 Å². The second-order valence-corrected chi connectivity index (χ2v) is 7.41. The summed E-state index contributed by atoms with van der Waals surface area (Å²) < 4.78 is 10.8. The molecule has 2 atom stereocenters. The summed E-state index contributed by atoms with van der Waals surface area (Å²) in [7, 11) is 1.66. The molecular formula is C20H31ClN2O3. The molecule has 2 heterocycles.